The van der Waals surface area contributed by atoms with Gasteiger partial charge in [-0.25, -0.2) is 0 Å². The molecule has 108 valence electrons. The molecule has 1 aromatic rings. The maximum absolute atomic E-state index is 5.38. The standard InChI is InChI=1S/C16H28N2O/c1-13(8-9-16-7-5-11-19-16)17-14(2)15-6-4-10-18(3)12-15/h5,7,11,13-15,17H,4,6,8-10,12H2,1-3H3. The molecule has 0 spiro atoms. The number of likely N-dealkylation sites (tertiary alicyclic amines) is 1. The lowest BCUT2D eigenvalue weighted by molar-refractivity contribution is 0.173. The molecule has 0 saturated carbocycles. The van der Waals surface area contributed by atoms with Gasteiger partial charge in [0.25, 0.3) is 0 Å². The zero-order valence-corrected chi connectivity index (χ0v) is 12.6. The van der Waals surface area contributed by atoms with Crippen LogP contribution >= 0.6 is 0 Å². The van der Waals surface area contributed by atoms with Crippen LogP contribution in [0.15, 0.2) is 22.8 Å². The summed E-state index contributed by atoms with van der Waals surface area (Å²) in [6.45, 7) is 7.12. The van der Waals surface area contributed by atoms with E-state index in [9.17, 15) is 0 Å². The topological polar surface area (TPSA) is 28.4 Å². The molecule has 2 heterocycles. The third-order valence-electron chi connectivity index (χ3n) is 4.32. The Labute approximate surface area is 117 Å². The van der Waals surface area contributed by atoms with Gasteiger partial charge in [-0.2, -0.15) is 0 Å². The largest absolute Gasteiger partial charge is 0.469 e. The third kappa shape index (κ3) is 4.66. The Morgan fingerprint density at radius 3 is 3.00 bits per heavy atom. The minimum atomic E-state index is 0.548. The molecule has 1 saturated heterocycles. The lowest BCUT2D eigenvalue weighted by atomic mass is 9.91. The highest BCUT2D eigenvalue weighted by molar-refractivity contribution is 4.98. The van der Waals surface area contributed by atoms with Crippen molar-refractivity contribution < 1.29 is 4.42 Å². The fourth-order valence-corrected chi connectivity index (χ4v) is 3.10. The van der Waals surface area contributed by atoms with E-state index in [0.717, 1.165) is 24.5 Å². The van der Waals surface area contributed by atoms with Crippen LogP contribution in [0.4, 0.5) is 0 Å². The van der Waals surface area contributed by atoms with Gasteiger partial charge in [-0.15, -0.1) is 0 Å². The molecular formula is C16H28N2O. The number of rotatable bonds is 6. The quantitative estimate of drug-likeness (QED) is 0.856. The van der Waals surface area contributed by atoms with Crippen molar-refractivity contribution >= 4 is 0 Å². The van der Waals surface area contributed by atoms with Gasteiger partial charge < -0.3 is 14.6 Å². The van der Waals surface area contributed by atoms with Crippen molar-refractivity contribution in [1.29, 1.82) is 0 Å². The van der Waals surface area contributed by atoms with Crippen LogP contribution in [-0.4, -0.2) is 37.1 Å². The normalized spacial score (nSPS) is 24.3. The van der Waals surface area contributed by atoms with Gasteiger partial charge in [0.05, 0.1) is 6.26 Å². The first-order chi connectivity index (χ1) is 9.15. The lowest BCUT2D eigenvalue weighted by Gasteiger charge is -2.35. The van der Waals surface area contributed by atoms with Gasteiger partial charge in [-0.1, -0.05) is 0 Å². The van der Waals surface area contributed by atoms with Crippen LogP contribution in [-0.2, 0) is 6.42 Å². The van der Waals surface area contributed by atoms with Gasteiger partial charge in [0.15, 0.2) is 0 Å². The van der Waals surface area contributed by atoms with E-state index in [-0.39, 0.29) is 0 Å². The van der Waals surface area contributed by atoms with Crippen molar-refractivity contribution in [2.45, 2.75) is 51.6 Å². The van der Waals surface area contributed by atoms with E-state index >= 15 is 0 Å². The Morgan fingerprint density at radius 2 is 2.32 bits per heavy atom. The molecule has 0 amide bonds. The second kappa shape index (κ2) is 7.11. The fraction of sp³-hybridized carbons (Fsp3) is 0.750. The first-order valence-corrected chi connectivity index (χ1v) is 7.62. The van der Waals surface area contributed by atoms with Gasteiger partial charge in [-0.3, -0.25) is 0 Å². The van der Waals surface area contributed by atoms with Crippen LogP contribution < -0.4 is 5.32 Å². The zero-order chi connectivity index (χ0) is 13.7. The molecule has 3 unspecified atom stereocenters. The van der Waals surface area contributed by atoms with Gasteiger partial charge in [-0.05, 0) is 64.8 Å². The number of nitrogens with zero attached hydrogens (tertiary/aromatic N) is 1. The van der Waals surface area contributed by atoms with E-state index in [1.54, 1.807) is 6.26 Å². The average molecular weight is 264 g/mol. The number of furan rings is 1. The van der Waals surface area contributed by atoms with E-state index in [4.69, 9.17) is 4.42 Å². The monoisotopic (exact) mass is 264 g/mol. The summed E-state index contributed by atoms with van der Waals surface area (Å²) >= 11 is 0. The molecule has 2 rings (SSSR count). The fourth-order valence-electron chi connectivity index (χ4n) is 3.10. The maximum Gasteiger partial charge on any atom is 0.103 e. The van der Waals surface area contributed by atoms with Gasteiger partial charge in [0.1, 0.15) is 5.76 Å². The number of aryl methyl sites for hydroxylation is 1. The molecule has 3 nitrogen and oxygen atoms in total. The summed E-state index contributed by atoms with van der Waals surface area (Å²) in [4.78, 5) is 2.46. The van der Waals surface area contributed by atoms with E-state index in [1.807, 2.05) is 6.07 Å². The molecule has 1 aromatic heterocycles. The first kappa shape index (κ1) is 14.6. The minimum Gasteiger partial charge on any atom is -0.469 e. The van der Waals surface area contributed by atoms with E-state index in [2.05, 4.69) is 37.2 Å². The maximum atomic E-state index is 5.38. The Morgan fingerprint density at radius 1 is 1.47 bits per heavy atom. The molecule has 3 atom stereocenters. The van der Waals surface area contributed by atoms with Crippen molar-refractivity contribution in [1.82, 2.24) is 10.2 Å². The smallest absolute Gasteiger partial charge is 0.103 e. The molecule has 0 radical (unpaired) electrons. The van der Waals surface area contributed by atoms with Crippen molar-refractivity contribution in [3.8, 4) is 0 Å². The summed E-state index contributed by atoms with van der Waals surface area (Å²) in [7, 11) is 2.24. The molecule has 1 aliphatic heterocycles. The molecule has 1 aliphatic rings. The highest BCUT2D eigenvalue weighted by atomic mass is 16.3. The van der Waals surface area contributed by atoms with Crippen molar-refractivity contribution in [2.75, 3.05) is 20.1 Å². The van der Waals surface area contributed by atoms with Crippen molar-refractivity contribution in [2.24, 2.45) is 5.92 Å². The summed E-state index contributed by atoms with van der Waals surface area (Å²) in [6.07, 6.45) is 6.63. The molecule has 1 N–H and O–H groups in total. The summed E-state index contributed by atoms with van der Waals surface area (Å²) in [5.74, 6) is 1.89. The minimum absolute atomic E-state index is 0.548. The Bertz CT molecular complexity index is 350. The van der Waals surface area contributed by atoms with Crippen LogP contribution in [0.5, 0.6) is 0 Å². The molecular weight excluding hydrogens is 236 g/mol. The Balaban J connectivity index is 1.70. The summed E-state index contributed by atoms with van der Waals surface area (Å²) in [5.41, 5.74) is 0. The predicted octanol–water partition coefficient (Wildman–Crippen LogP) is 2.92. The number of hydrogen-bond acceptors (Lipinski definition) is 3. The molecule has 0 aliphatic carbocycles. The number of hydrogen-bond donors (Lipinski definition) is 1. The highest BCUT2D eigenvalue weighted by Crippen LogP contribution is 2.19. The average Bonchev–Trinajstić information content (AvgIpc) is 2.89. The van der Waals surface area contributed by atoms with E-state index < -0.39 is 0 Å². The third-order valence-corrected chi connectivity index (χ3v) is 4.32. The first-order valence-electron chi connectivity index (χ1n) is 7.62. The van der Waals surface area contributed by atoms with E-state index in [0.29, 0.717) is 12.1 Å². The van der Waals surface area contributed by atoms with Crippen molar-refractivity contribution in [3.63, 3.8) is 0 Å². The van der Waals surface area contributed by atoms with Crippen LogP contribution in [0.3, 0.4) is 0 Å². The second-order valence-electron chi connectivity index (χ2n) is 6.14. The van der Waals surface area contributed by atoms with Crippen LogP contribution in [0.1, 0.15) is 38.9 Å². The highest BCUT2D eigenvalue weighted by Gasteiger charge is 2.23. The Hall–Kier alpha value is -0.800. The SMILES string of the molecule is CC(CCc1ccco1)NC(C)C1CCCN(C)C1. The van der Waals surface area contributed by atoms with Gasteiger partial charge in [0.2, 0.25) is 0 Å². The van der Waals surface area contributed by atoms with Gasteiger partial charge in [0, 0.05) is 25.0 Å². The Kier molecular flexibility index (Phi) is 5.46. The molecule has 19 heavy (non-hydrogen) atoms. The summed E-state index contributed by atoms with van der Waals surface area (Å²) in [6, 6.07) is 5.18. The van der Waals surface area contributed by atoms with Crippen LogP contribution in [0.2, 0.25) is 0 Å². The predicted molar refractivity (Wildman–Crippen MR) is 79.3 cm³/mol. The lowest BCUT2D eigenvalue weighted by Crippen LogP contribution is -2.45. The van der Waals surface area contributed by atoms with Gasteiger partial charge >= 0.3 is 0 Å². The zero-order valence-electron chi connectivity index (χ0n) is 12.6. The molecule has 1 fully saturated rings. The molecule has 3 heteroatoms. The molecule has 0 bridgehead atoms. The van der Waals surface area contributed by atoms with Crippen LogP contribution in [0.25, 0.3) is 0 Å². The molecule has 0 aromatic carbocycles. The number of piperidine rings is 1. The summed E-state index contributed by atoms with van der Waals surface area (Å²) in [5, 5.41) is 3.76. The van der Waals surface area contributed by atoms with E-state index in [1.165, 1.54) is 25.9 Å². The number of nitrogens with one attached hydrogen (secondary N) is 1. The summed E-state index contributed by atoms with van der Waals surface area (Å²) < 4.78 is 5.38. The second-order valence-corrected chi connectivity index (χ2v) is 6.14. The van der Waals surface area contributed by atoms with Crippen molar-refractivity contribution in [3.05, 3.63) is 24.2 Å². The van der Waals surface area contributed by atoms with Crippen LogP contribution in [0, 0.1) is 5.92 Å².